The standard InChI is InChI=1S/C18H35N/c1-2-3-4-5-6-7-8-9-12-19-15-18-14-16-10-11-17(18)13-16/h16-19H,2-15H2,1H3. The fourth-order valence-corrected chi connectivity index (χ4v) is 4.30. The van der Waals surface area contributed by atoms with E-state index < -0.39 is 0 Å². The molecule has 0 spiro atoms. The van der Waals surface area contributed by atoms with Gasteiger partial charge in [-0.3, -0.25) is 0 Å². The predicted octanol–water partition coefficient (Wildman–Crippen LogP) is 5.15. The third kappa shape index (κ3) is 5.45. The molecule has 0 amide bonds. The number of nitrogens with one attached hydrogen (secondary N) is 1. The van der Waals surface area contributed by atoms with E-state index in [0.29, 0.717) is 0 Å². The molecule has 0 aromatic carbocycles. The highest BCUT2D eigenvalue weighted by Crippen LogP contribution is 2.47. The Morgan fingerprint density at radius 1 is 0.842 bits per heavy atom. The van der Waals surface area contributed by atoms with E-state index in [2.05, 4.69) is 12.2 Å². The van der Waals surface area contributed by atoms with Gasteiger partial charge in [0.1, 0.15) is 0 Å². The van der Waals surface area contributed by atoms with Crippen molar-refractivity contribution in [1.82, 2.24) is 5.32 Å². The summed E-state index contributed by atoms with van der Waals surface area (Å²) < 4.78 is 0. The maximum absolute atomic E-state index is 3.72. The molecule has 19 heavy (non-hydrogen) atoms. The van der Waals surface area contributed by atoms with E-state index in [1.165, 1.54) is 77.3 Å². The van der Waals surface area contributed by atoms with Gasteiger partial charge in [-0.15, -0.1) is 0 Å². The van der Waals surface area contributed by atoms with Crippen molar-refractivity contribution in [3.05, 3.63) is 0 Å². The van der Waals surface area contributed by atoms with Gasteiger partial charge in [0.05, 0.1) is 0 Å². The molecule has 2 saturated carbocycles. The largest absolute Gasteiger partial charge is 0.316 e. The number of unbranched alkanes of at least 4 members (excludes halogenated alkanes) is 7. The minimum atomic E-state index is 1.03. The molecule has 3 atom stereocenters. The van der Waals surface area contributed by atoms with E-state index in [0.717, 1.165) is 17.8 Å². The number of fused-ring (bicyclic) bond motifs is 2. The highest BCUT2D eigenvalue weighted by atomic mass is 14.9. The Morgan fingerprint density at radius 2 is 1.58 bits per heavy atom. The molecule has 0 aromatic rings. The molecule has 0 saturated heterocycles. The predicted molar refractivity (Wildman–Crippen MR) is 84.4 cm³/mol. The van der Waals surface area contributed by atoms with Gasteiger partial charge in [0, 0.05) is 0 Å². The van der Waals surface area contributed by atoms with Gasteiger partial charge in [-0.2, -0.15) is 0 Å². The van der Waals surface area contributed by atoms with E-state index in [1.54, 1.807) is 12.8 Å². The molecule has 112 valence electrons. The van der Waals surface area contributed by atoms with Crippen molar-refractivity contribution >= 4 is 0 Å². The lowest BCUT2D eigenvalue weighted by molar-refractivity contribution is 0.318. The van der Waals surface area contributed by atoms with Gasteiger partial charge in [0.2, 0.25) is 0 Å². The second-order valence-electron chi connectivity index (χ2n) is 7.11. The zero-order valence-electron chi connectivity index (χ0n) is 13.1. The summed E-state index contributed by atoms with van der Waals surface area (Å²) in [6, 6.07) is 0. The molecule has 0 radical (unpaired) electrons. The van der Waals surface area contributed by atoms with Crippen molar-refractivity contribution in [2.45, 2.75) is 84.0 Å². The van der Waals surface area contributed by atoms with Crippen LogP contribution in [0.15, 0.2) is 0 Å². The van der Waals surface area contributed by atoms with Crippen molar-refractivity contribution in [2.75, 3.05) is 13.1 Å². The Kier molecular flexibility index (Phi) is 7.27. The molecular weight excluding hydrogens is 230 g/mol. The van der Waals surface area contributed by atoms with Crippen LogP contribution in [0.5, 0.6) is 0 Å². The van der Waals surface area contributed by atoms with Crippen LogP contribution >= 0.6 is 0 Å². The van der Waals surface area contributed by atoms with Crippen LogP contribution in [0.1, 0.15) is 84.0 Å². The van der Waals surface area contributed by atoms with E-state index in [4.69, 9.17) is 0 Å². The molecule has 2 aliphatic rings. The van der Waals surface area contributed by atoms with Gasteiger partial charge < -0.3 is 5.32 Å². The third-order valence-corrected chi connectivity index (χ3v) is 5.50. The monoisotopic (exact) mass is 265 g/mol. The summed E-state index contributed by atoms with van der Waals surface area (Å²) in [5.74, 6) is 3.24. The summed E-state index contributed by atoms with van der Waals surface area (Å²) in [6.45, 7) is 4.88. The van der Waals surface area contributed by atoms with Crippen LogP contribution in [0.25, 0.3) is 0 Å². The smallest absolute Gasteiger partial charge is 0.00178 e. The van der Waals surface area contributed by atoms with Crippen LogP contribution in [-0.2, 0) is 0 Å². The molecule has 3 unspecified atom stereocenters. The fraction of sp³-hybridized carbons (Fsp3) is 1.00. The van der Waals surface area contributed by atoms with Crippen molar-refractivity contribution in [1.29, 1.82) is 0 Å². The number of rotatable bonds is 11. The zero-order valence-corrected chi connectivity index (χ0v) is 13.1. The Balaban J connectivity index is 1.33. The minimum Gasteiger partial charge on any atom is -0.316 e. The van der Waals surface area contributed by atoms with Crippen LogP contribution in [-0.4, -0.2) is 13.1 Å². The summed E-state index contributed by atoms with van der Waals surface area (Å²) in [5, 5.41) is 3.72. The minimum absolute atomic E-state index is 1.03. The highest BCUT2D eigenvalue weighted by molar-refractivity contribution is 4.90. The molecule has 1 N–H and O–H groups in total. The van der Waals surface area contributed by atoms with Crippen molar-refractivity contribution in [2.24, 2.45) is 17.8 Å². The highest BCUT2D eigenvalue weighted by Gasteiger charge is 2.38. The molecule has 1 heteroatoms. The first-order valence-corrected chi connectivity index (χ1v) is 9.11. The summed E-state index contributed by atoms with van der Waals surface area (Å²) in [5.41, 5.74) is 0. The van der Waals surface area contributed by atoms with Crippen molar-refractivity contribution in [3.8, 4) is 0 Å². The second kappa shape index (κ2) is 9.00. The molecule has 2 rings (SSSR count). The number of hydrogen-bond acceptors (Lipinski definition) is 1. The first-order valence-electron chi connectivity index (χ1n) is 9.11. The van der Waals surface area contributed by atoms with Gasteiger partial charge in [-0.05, 0) is 56.5 Å². The molecule has 0 aliphatic heterocycles. The molecule has 1 nitrogen and oxygen atoms in total. The van der Waals surface area contributed by atoms with Gasteiger partial charge in [0.15, 0.2) is 0 Å². The Morgan fingerprint density at radius 3 is 2.21 bits per heavy atom. The van der Waals surface area contributed by atoms with Crippen LogP contribution in [0.3, 0.4) is 0 Å². The van der Waals surface area contributed by atoms with Crippen LogP contribution in [0.2, 0.25) is 0 Å². The Hall–Kier alpha value is -0.0400. The lowest BCUT2D eigenvalue weighted by Gasteiger charge is -2.21. The normalized spacial score (nSPS) is 29.2. The van der Waals surface area contributed by atoms with Gasteiger partial charge in [-0.1, -0.05) is 58.3 Å². The van der Waals surface area contributed by atoms with Crippen molar-refractivity contribution < 1.29 is 0 Å². The summed E-state index contributed by atoms with van der Waals surface area (Å²) in [7, 11) is 0. The van der Waals surface area contributed by atoms with Gasteiger partial charge in [0.25, 0.3) is 0 Å². The zero-order chi connectivity index (χ0) is 13.3. The molecule has 0 aromatic heterocycles. The second-order valence-corrected chi connectivity index (χ2v) is 7.11. The van der Waals surface area contributed by atoms with Gasteiger partial charge >= 0.3 is 0 Å². The molecule has 2 fully saturated rings. The average molecular weight is 265 g/mol. The van der Waals surface area contributed by atoms with E-state index >= 15 is 0 Å². The Labute approximate surface area is 120 Å². The quantitative estimate of drug-likeness (QED) is 0.509. The summed E-state index contributed by atoms with van der Waals surface area (Å²) in [6.07, 6.45) is 17.7. The Bertz CT molecular complexity index is 226. The molecule has 0 heterocycles. The fourth-order valence-electron chi connectivity index (χ4n) is 4.30. The first kappa shape index (κ1) is 15.4. The summed E-state index contributed by atoms with van der Waals surface area (Å²) >= 11 is 0. The molecular formula is C18H35N. The summed E-state index contributed by atoms with van der Waals surface area (Å²) in [4.78, 5) is 0. The SMILES string of the molecule is CCCCCCCCCCNCC1CC2CCC1C2. The maximum atomic E-state index is 3.72. The van der Waals surface area contributed by atoms with Crippen LogP contribution in [0, 0.1) is 17.8 Å². The van der Waals surface area contributed by atoms with Gasteiger partial charge in [-0.25, -0.2) is 0 Å². The topological polar surface area (TPSA) is 12.0 Å². The van der Waals surface area contributed by atoms with Crippen molar-refractivity contribution in [3.63, 3.8) is 0 Å². The van der Waals surface area contributed by atoms with E-state index in [1.807, 2.05) is 0 Å². The lowest BCUT2D eigenvalue weighted by Crippen LogP contribution is -2.27. The molecule has 2 bridgehead atoms. The number of hydrogen-bond donors (Lipinski definition) is 1. The van der Waals surface area contributed by atoms with Crippen LogP contribution < -0.4 is 5.32 Å². The lowest BCUT2D eigenvalue weighted by atomic mass is 9.89. The van der Waals surface area contributed by atoms with Crippen LogP contribution in [0.4, 0.5) is 0 Å². The molecule has 2 aliphatic carbocycles. The first-order chi connectivity index (χ1) is 9.40. The van der Waals surface area contributed by atoms with E-state index in [-0.39, 0.29) is 0 Å². The maximum Gasteiger partial charge on any atom is -0.00178 e. The third-order valence-electron chi connectivity index (χ3n) is 5.50. The van der Waals surface area contributed by atoms with E-state index in [9.17, 15) is 0 Å². The average Bonchev–Trinajstić information content (AvgIpc) is 3.03.